The number of hydrogen-bond acceptors (Lipinski definition) is 7. The van der Waals surface area contributed by atoms with E-state index >= 15 is 0 Å². The molecule has 1 heterocycles. The highest BCUT2D eigenvalue weighted by Gasteiger charge is 2.22. The van der Waals surface area contributed by atoms with E-state index in [4.69, 9.17) is 14.2 Å². The first-order valence-corrected chi connectivity index (χ1v) is 11.2. The van der Waals surface area contributed by atoms with Crippen molar-refractivity contribution in [2.24, 2.45) is 0 Å². The summed E-state index contributed by atoms with van der Waals surface area (Å²) in [5, 5.41) is 22.5. The van der Waals surface area contributed by atoms with E-state index in [9.17, 15) is 10.2 Å². The minimum Gasteiger partial charge on any atom is -0.507 e. The van der Waals surface area contributed by atoms with Gasteiger partial charge in [0.2, 0.25) is 0 Å². The van der Waals surface area contributed by atoms with E-state index in [1.807, 2.05) is 49.4 Å². The van der Waals surface area contributed by atoms with E-state index in [2.05, 4.69) is 9.80 Å². The average Bonchev–Trinajstić information content (AvgIpc) is 2.84. The van der Waals surface area contributed by atoms with Crippen molar-refractivity contribution in [2.45, 2.75) is 13.0 Å². The fourth-order valence-corrected chi connectivity index (χ4v) is 4.40. The number of piperazine rings is 1. The predicted molar refractivity (Wildman–Crippen MR) is 145 cm³/mol. The van der Waals surface area contributed by atoms with Gasteiger partial charge in [0.1, 0.15) is 35.7 Å². The van der Waals surface area contributed by atoms with Gasteiger partial charge in [0.05, 0.1) is 19.9 Å². The van der Waals surface area contributed by atoms with Crippen molar-refractivity contribution in [3.63, 3.8) is 0 Å². The van der Waals surface area contributed by atoms with Gasteiger partial charge in [-0.05, 0) is 30.7 Å². The molecule has 0 bridgehead atoms. The van der Waals surface area contributed by atoms with Gasteiger partial charge in [-0.2, -0.15) is 0 Å². The minimum atomic E-state index is -0.616. The second-order valence-electron chi connectivity index (χ2n) is 8.38. The lowest BCUT2D eigenvalue weighted by atomic mass is 10.0. The largest absolute Gasteiger partial charge is 0.507 e. The SMILES string of the molecule is COc1ccc(OC)c(N2CCN(CC(O)COc3c(C)cc(O)c4ccccc34)CC2)c1.Cl.Cl. The lowest BCUT2D eigenvalue weighted by Crippen LogP contribution is -2.49. The summed E-state index contributed by atoms with van der Waals surface area (Å²) in [4.78, 5) is 4.53. The summed E-state index contributed by atoms with van der Waals surface area (Å²) in [6.45, 7) is 5.96. The highest BCUT2D eigenvalue weighted by molar-refractivity contribution is 5.94. The van der Waals surface area contributed by atoms with Crippen LogP contribution in [0.25, 0.3) is 10.8 Å². The molecule has 1 unspecified atom stereocenters. The number of aryl methyl sites for hydroxylation is 1. The molecule has 35 heavy (non-hydrogen) atoms. The molecule has 4 rings (SSSR count). The van der Waals surface area contributed by atoms with Crippen molar-refractivity contribution in [1.29, 1.82) is 0 Å². The zero-order chi connectivity index (χ0) is 23.4. The molecular weight excluding hydrogens is 491 g/mol. The number of halogens is 2. The van der Waals surface area contributed by atoms with E-state index in [1.54, 1.807) is 20.3 Å². The van der Waals surface area contributed by atoms with Crippen molar-refractivity contribution in [1.82, 2.24) is 4.90 Å². The van der Waals surface area contributed by atoms with Crippen LogP contribution in [0.1, 0.15) is 5.56 Å². The van der Waals surface area contributed by atoms with E-state index in [1.165, 1.54) is 0 Å². The molecule has 1 aliphatic rings. The number of aliphatic hydroxyl groups excluding tert-OH is 1. The Kier molecular flexibility index (Phi) is 10.6. The smallest absolute Gasteiger partial charge is 0.142 e. The average molecular weight is 525 g/mol. The maximum Gasteiger partial charge on any atom is 0.142 e. The third-order valence-electron chi connectivity index (χ3n) is 6.15. The Labute approximate surface area is 219 Å². The number of nitrogens with zero attached hydrogens (tertiary/aromatic N) is 2. The number of phenols is 1. The van der Waals surface area contributed by atoms with Crippen molar-refractivity contribution < 1.29 is 24.4 Å². The lowest BCUT2D eigenvalue weighted by molar-refractivity contribution is 0.0666. The van der Waals surface area contributed by atoms with Gasteiger partial charge in [-0.3, -0.25) is 4.90 Å². The van der Waals surface area contributed by atoms with Gasteiger partial charge in [0, 0.05) is 49.6 Å². The number of aliphatic hydroxyl groups is 1. The summed E-state index contributed by atoms with van der Waals surface area (Å²) in [7, 11) is 3.34. The Balaban J connectivity index is 0.00000216. The fourth-order valence-electron chi connectivity index (χ4n) is 4.40. The number of rotatable bonds is 8. The van der Waals surface area contributed by atoms with E-state index < -0.39 is 6.10 Å². The standard InChI is InChI=1S/C26H32N2O5.2ClH/c1-18-14-24(30)21-6-4-5-7-22(21)26(18)33-17-19(29)16-27-10-12-28(13-11-27)23-15-20(31-2)8-9-25(23)32-3;;/h4-9,14-15,19,29-30H,10-13,16-17H2,1-3H3;2*1H. The molecule has 0 aliphatic carbocycles. The number of β-amino-alcohol motifs (C(OH)–C–C–N with tert-alkyl or cyclic N) is 1. The first-order chi connectivity index (χ1) is 16.0. The lowest BCUT2D eigenvalue weighted by Gasteiger charge is -2.37. The first kappa shape index (κ1) is 28.7. The first-order valence-electron chi connectivity index (χ1n) is 11.2. The number of ether oxygens (including phenoxy) is 3. The van der Waals surface area contributed by atoms with Gasteiger partial charge in [0.25, 0.3) is 0 Å². The number of hydrogen-bond donors (Lipinski definition) is 2. The molecule has 0 amide bonds. The monoisotopic (exact) mass is 524 g/mol. The number of fused-ring (bicyclic) bond motifs is 1. The molecule has 9 heteroatoms. The highest BCUT2D eigenvalue weighted by Crippen LogP contribution is 2.36. The molecule has 1 atom stereocenters. The molecule has 0 radical (unpaired) electrons. The highest BCUT2D eigenvalue weighted by atomic mass is 35.5. The van der Waals surface area contributed by atoms with Crippen molar-refractivity contribution in [3.8, 4) is 23.0 Å². The van der Waals surface area contributed by atoms with Gasteiger partial charge >= 0.3 is 0 Å². The van der Waals surface area contributed by atoms with Crippen LogP contribution in [0.5, 0.6) is 23.0 Å². The van der Waals surface area contributed by atoms with Crippen molar-refractivity contribution in [3.05, 3.63) is 54.1 Å². The maximum atomic E-state index is 10.6. The molecule has 3 aromatic carbocycles. The van der Waals surface area contributed by atoms with E-state index in [-0.39, 0.29) is 37.2 Å². The molecule has 7 nitrogen and oxygen atoms in total. The number of methoxy groups -OCH3 is 2. The van der Waals surface area contributed by atoms with Crippen molar-refractivity contribution in [2.75, 3.05) is 58.5 Å². The zero-order valence-electron chi connectivity index (χ0n) is 20.3. The maximum absolute atomic E-state index is 10.6. The van der Waals surface area contributed by atoms with Gasteiger partial charge in [0.15, 0.2) is 0 Å². The Morgan fingerprint density at radius 1 is 0.914 bits per heavy atom. The molecule has 3 aromatic rings. The summed E-state index contributed by atoms with van der Waals surface area (Å²) < 4.78 is 16.9. The molecule has 1 saturated heterocycles. The predicted octanol–water partition coefficient (Wildman–Crippen LogP) is 4.28. The second-order valence-corrected chi connectivity index (χ2v) is 8.38. The Morgan fingerprint density at radius 2 is 1.60 bits per heavy atom. The molecule has 0 saturated carbocycles. The van der Waals surface area contributed by atoms with Gasteiger partial charge in [-0.25, -0.2) is 0 Å². The topological polar surface area (TPSA) is 74.6 Å². The normalized spacial score (nSPS) is 14.6. The number of aromatic hydroxyl groups is 1. The number of anilines is 1. The molecular formula is C26H34Cl2N2O5. The minimum absolute atomic E-state index is 0. The number of phenolic OH excluding ortho intramolecular Hbond substituents is 1. The summed E-state index contributed by atoms with van der Waals surface area (Å²) >= 11 is 0. The Hall–Kier alpha value is -2.58. The van der Waals surface area contributed by atoms with Crippen LogP contribution in [0.15, 0.2) is 48.5 Å². The van der Waals surface area contributed by atoms with E-state index in [0.717, 1.165) is 59.7 Å². The van der Waals surface area contributed by atoms with Crippen LogP contribution in [-0.2, 0) is 0 Å². The fraction of sp³-hybridized carbons (Fsp3) is 0.385. The summed E-state index contributed by atoms with van der Waals surface area (Å²) in [6, 6.07) is 15.1. The third kappa shape index (κ3) is 6.55. The van der Waals surface area contributed by atoms with Crippen LogP contribution in [0.3, 0.4) is 0 Å². The molecule has 1 aliphatic heterocycles. The van der Waals surface area contributed by atoms with Gasteiger partial charge in [-0.15, -0.1) is 24.8 Å². The molecule has 0 spiro atoms. The van der Waals surface area contributed by atoms with Crippen LogP contribution < -0.4 is 19.1 Å². The van der Waals surface area contributed by atoms with Crippen molar-refractivity contribution >= 4 is 41.3 Å². The van der Waals surface area contributed by atoms with Gasteiger partial charge in [-0.1, -0.05) is 24.3 Å². The van der Waals surface area contributed by atoms with Crippen LogP contribution in [0.2, 0.25) is 0 Å². The summed E-state index contributed by atoms with van der Waals surface area (Å²) in [5.41, 5.74) is 1.87. The Morgan fingerprint density at radius 3 is 2.26 bits per heavy atom. The van der Waals surface area contributed by atoms with E-state index in [0.29, 0.717) is 12.3 Å². The summed E-state index contributed by atoms with van der Waals surface area (Å²) in [5.74, 6) is 2.57. The molecule has 0 aromatic heterocycles. The zero-order valence-corrected chi connectivity index (χ0v) is 21.9. The second kappa shape index (κ2) is 12.9. The quantitative estimate of drug-likeness (QED) is 0.455. The molecule has 2 N–H and O–H groups in total. The summed E-state index contributed by atoms with van der Waals surface area (Å²) in [6.07, 6.45) is -0.616. The van der Waals surface area contributed by atoms with Gasteiger partial charge < -0.3 is 29.3 Å². The molecule has 192 valence electrons. The molecule has 1 fully saturated rings. The Bertz CT molecular complexity index is 1110. The van der Waals surface area contributed by atoms with Crippen LogP contribution in [0, 0.1) is 6.92 Å². The third-order valence-corrected chi connectivity index (χ3v) is 6.15. The van der Waals surface area contributed by atoms with Crippen LogP contribution in [-0.4, -0.2) is 74.8 Å². The number of benzene rings is 3. The van der Waals surface area contributed by atoms with Crippen LogP contribution >= 0.6 is 24.8 Å². The van der Waals surface area contributed by atoms with Crippen LogP contribution in [0.4, 0.5) is 5.69 Å².